The number of anilines is 2. The average Bonchev–Trinajstić information content (AvgIpc) is 2.49. The molecule has 0 bridgehead atoms. The second kappa shape index (κ2) is 2.95. The Labute approximate surface area is 79.8 Å². The molecule has 2 aromatic heterocycles. The van der Waals surface area contributed by atoms with Crippen LogP contribution in [0, 0.1) is 6.92 Å². The van der Waals surface area contributed by atoms with Crippen LogP contribution in [0.3, 0.4) is 0 Å². The zero-order chi connectivity index (χ0) is 10.1. The summed E-state index contributed by atoms with van der Waals surface area (Å²) in [5.74, 6) is 1.33. The summed E-state index contributed by atoms with van der Waals surface area (Å²) in [6, 6.07) is 0. The zero-order valence-electron chi connectivity index (χ0n) is 7.55. The van der Waals surface area contributed by atoms with Gasteiger partial charge in [-0.2, -0.15) is 15.0 Å². The third-order valence-electron chi connectivity index (χ3n) is 1.70. The first kappa shape index (κ1) is 8.42. The van der Waals surface area contributed by atoms with E-state index in [4.69, 9.17) is 11.5 Å². The maximum Gasteiger partial charge on any atom is 0.241 e. The van der Waals surface area contributed by atoms with Gasteiger partial charge in [0.2, 0.25) is 17.8 Å². The second-order valence-corrected chi connectivity index (χ2v) is 2.70. The largest absolute Gasteiger partial charge is 0.368 e. The molecule has 0 aliphatic heterocycles. The average molecular weight is 191 g/mol. The maximum atomic E-state index is 5.44. The lowest BCUT2D eigenvalue weighted by Gasteiger charge is -2.03. The van der Waals surface area contributed by atoms with Crippen molar-refractivity contribution >= 4 is 11.9 Å². The minimum absolute atomic E-state index is 0.0978. The van der Waals surface area contributed by atoms with Gasteiger partial charge in [-0.1, -0.05) is 0 Å². The van der Waals surface area contributed by atoms with Crippen molar-refractivity contribution in [3.05, 3.63) is 18.2 Å². The van der Waals surface area contributed by atoms with E-state index in [1.807, 2.05) is 6.92 Å². The smallest absolute Gasteiger partial charge is 0.241 e. The maximum absolute atomic E-state index is 5.44. The standard InChI is InChI=1S/C7H9N7/c1-4-10-2-3-14(4)7-12-5(8)11-6(9)13-7/h2-3H,1H3,(H4,8,9,11,12,13). The first-order chi connectivity index (χ1) is 6.66. The zero-order valence-corrected chi connectivity index (χ0v) is 7.55. The van der Waals surface area contributed by atoms with Gasteiger partial charge in [-0.25, -0.2) is 4.98 Å². The van der Waals surface area contributed by atoms with E-state index in [2.05, 4.69) is 19.9 Å². The Morgan fingerprint density at radius 1 is 1.14 bits per heavy atom. The summed E-state index contributed by atoms with van der Waals surface area (Å²) in [6.07, 6.45) is 3.37. The van der Waals surface area contributed by atoms with Gasteiger partial charge < -0.3 is 11.5 Å². The van der Waals surface area contributed by atoms with Crippen LogP contribution in [-0.4, -0.2) is 24.5 Å². The van der Waals surface area contributed by atoms with E-state index in [9.17, 15) is 0 Å². The molecule has 7 nitrogen and oxygen atoms in total. The van der Waals surface area contributed by atoms with Gasteiger partial charge in [-0.15, -0.1) is 0 Å². The minimum Gasteiger partial charge on any atom is -0.368 e. The minimum atomic E-state index is 0.0978. The van der Waals surface area contributed by atoms with Gasteiger partial charge in [-0.3, -0.25) is 4.57 Å². The third-order valence-corrected chi connectivity index (χ3v) is 1.70. The van der Waals surface area contributed by atoms with E-state index < -0.39 is 0 Å². The fraction of sp³-hybridized carbons (Fsp3) is 0.143. The van der Waals surface area contributed by atoms with Crippen LogP contribution in [0.1, 0.15) is 5.82 Å². The van der Waals surface area contributed by atoms with Gasteiger partial charge in [0.1, 0.15) is 5.82 Å². The molecule has 2 heterocycles. The highest BCUT2D eigenvalue weighted by molar-refractivity contribution is 5.31. The highest BCUT2D eigenvalue weighted by Gasteiger charge is 2.05. The Morgan fingerprint density at radius 2 is 1.79 bits per heavy atom. The van der Waals surface area contributed by atoms with Gasteiger partial charge in [0.15, 0.2) is 0 Å². The topological polar surface area (TPSA) is 109 Å². The van der Waals surface area contributed by atoms with Crippen molar-refractivity contribution in [1.29, 1.82) is 0 Å². The Kier molecular flexibility index (Phi) is 1.77. The van der Waals surface area contributed by atoms with Crippen LogP contribution in [0.2, 0.25) is 0 Å². The molecule has 0 aromatic carbocycles. The molecule has 0 aliphatic carbocycles. The van der Waals surface area contributed by atoms with E-state index in [0.29, 0.717) is 5.95 Å². The SMILES string of the molecule is Cc1nccn1-c1nc(N)nc(N)n1. The Hall–Kier alpha value is -2.18. The molecule has 72 valence electrons. The molecule has 4 N–H and O–H groups in total. The molecule has 14 heavy (non-hydrogen) atoms. The van der Waals surface area contributed by atoms with E-state index in [-0.39, 0.29) is 11.9 Å². The van der Waals surface area contributed by atoms with Crippen LogP contribution in [0.4, 0.5) is 11.9 Å². The van der Waals surface area contributed by atoms with Crippen molar-refractivity contribution in [3.8, 4) is 5.95 Å². The molecule has 0 amide bonds. The molecule has 0 unspecified atom stereocenters. The first-order valence-electron chi connectivity index (χ1n) is 3.94. The van der Waals surface area contributed by atoms with E-state index in [0.717, 1.165) is 5.82 Å². The number of imidazole rings is 1. The number of aromatic nitrogens is 5. The van der Waals surface area contributed by atoms with Crippen LogP contribution in [0.5, 0.6) is 0 Å². The molecule has 0 atom stereocenters. The quantitative estimate of drug-likeness (QED) is 0.630. The molecule has 0 saturated carbocycles. The Balaban J connectivity index is 2.57. The fourth-order valence-electron chi connectivity index (χ4n) is 1.09. The number of aryl methyl sites for hydroxylation is 1. The summed E-state index contributed by atoms with van der Waals surface area (Å²) in [4.78, 5) is 15.6. The number of nitrogens with zero attached hydrogens (tertiary/aromatic N) is 5. The van der Waals surface area contributed by atoms with Crippen molar-refractivity contribution < 1.29 is 0 Å². The molecular formula is C7H9N7. The fourth-order valence-corrected chi connectivity index (χ4v) is 1.09. The van der Waals surface area contributed by atoms with Crippen LogP contribution >= 0.6 is 0 Å². The number of nitrogens with two attached hydrogens (primary N) is 2. The van der Waals surface area contributed by atoms with Gasteiger partial charge in [-0.05, 0) is 6.92 Å². The van der Waals surface area contributed by atoms with Gasteiger partial charge in [0.05, 0.1) is 0 Å². The summed E-state index contributed by atoms with van der Waals surface area (Å²) < 4.78 is 1.67. The molecule has 0 spiro atoms. The molecule has 0 fully saturated rings. The lowest BCUT2D eigenvalue weighted by atomic mass is 10.7. The highest BCUT2D eigenvalue weighted by Crippen LogP contribution is 2.06. The number of hydrogen-bond donors (Lipinski definition) is 2. The lowest BCUT2D eigenvalue weighted by Crippen LogP contribution is -2.09. The predicted octanol–water partition coefficient (Wildman–Crippen LogP) is -0.470. The summed E-state index contributed by atoms with van der Waals surface area (Å²) in [6.45, 7) is 1.83. The van der Waals surface area contributed by atoms with E-state index in [1.165, 1.54) is 0 Å². The van der Waals surface area contributed by atoms with Crippen molar-refractivity contribution in [2.45, 2.75) is 6.92 Å². The molecule has 0 aliphatic rings. The second-order valence-electron chi connectivity index (χ2n) is 2.70. The molecular weight excluding hydrogens is 182 g/mol. The van der Waals surface area contributed by atoms with Crippen molar-refractivity contribution in [2.75, 3.05) is 11.5 Å². The van der Waals surface area contributed by atoms with Crippen molar-refractivity contribution in [2.24, 2.45) is 0 Å². The molecule has 7 heteroatoms. The van der Waals surface area contributed by atoms with Gasteiger partial charge in [0.25, 0.3) is 0 Å². The third kappa shape index (κ3) is 1.35. The summed E-state index contributed by atoms with van der Waals surface area (Å²) >= 11 is 0. The van der Waals surface area contributed by atoms with Crippen LogP contribution < -0.4 is 11.5 Å². The van der Waals surface area contributed by atoms with Crippen molar-refractivity contribution in [1.82, 2.24) is 24.5 Å². The number of hydrogen-bond acceptors (Lipinski definition) is 6. The van der Waals surface area contributed by atoms with Crippen molar-refractivity contribution in [3.63, 3.8) is 0 Å². The summed E-state index contributed by atoms with van der Waals surface area (Å²) in [5.41, 5.74) is 10.9. The van der Waals surface area contributed by atoms with Crippen LogP contribution in [-0.2, 0) is 0 Å². The number of nitrogen functional groups attached to an aromatic ring is 2. The Morgan fingerprint density at radius 3 is 2.29 bits per heavy atom. The Bertz CT molecular complexity index is 441. The molecule has 0 saturated heterocycles. The number of rotatable bonds is 1. The lowest BCUT2D eigenvalue weighted by molar-refractivity contribution is 0.872. The normalized spacial score (nSPS) is 10.4. The predicted molar refractivity (Wildman–Crippen MR) is 50.5 cm³/mol. The molecule has 2 aromatic rings. The van der Waals surface area contributed by atoms with E-state index >= 15 is 0 Å². The van der Waals surface area contributed by atoms with Crippen LogP contribution in [0.15, 0.2) is 12.4 Å². The van der Waals surface area contributed by atoms with Gasteiger partial charge >= 0.3 is 0 Å². The summed E-state index contributed by atoms with van der Waals surface area (Å²) in [5, 5.41) is 0. The van der Waals surface area contributed by atoms with Gasteiger partial charge in [0, 0.05) is 12.4 Å². The highest BCUT2D eigenvalue weighted by atomic mass is 15.3. The molecule has 2 rings (SSSR count). The molecule has 0 radical (unpaired) electrons. The van der Waals surface area contributed by atoms with Crippen LogP contribution in [0.25, 0.3) is 5.95 Å². The monoisotopic (exact) mass is 191 g/mol. The first-order valence-corrected chi connectivity index (χ1v) is 3.94. The summed E-state index contributed by atoms with van der Waals surface area (Å²) in [7, 11) is 0. The van der Waals surface area contributed by atoms with E-state index in [1.54, 1.807) is 17.0 Å².